The second-order valence-corrected chi connectivity index (χ2v) is 3.68. The van der Waals surface area contributed by atoms with Crippen LogP contribution in [0.1, 0.15) is 0 Å². The number of hydrogen-bond acceptors (Lipinski definition) is 2. The van der Waals surface area contributed by atoms with Gasteiger partial charge in [0.2, 0.25) is 0 Å². The highest BCUT2D eigenvalue weighted by molar-refractivity contribution is 6.16. The molecular weight excluding hydrogens is 176 g/mol. The maximum atomic E-state index is 9.97. The summed E-state index contributed by atoms with van der Waals surface area (Å²) in [7, 11) is 0. The summed E-state index contributed by atoms with van der Waals surface area (Å²) < 4.78 is 5.28. The molecular formula is C12H6O2. The molecule has 2 aliphatic carbocycles. The first-order valence-corrected chi connectivity index (χ1v) is 4.52. The molecule has 0 radical (unpaired) electrons. The van der Waals surface area contributed by atoms with Crippen LogP contribution in [0.4, 0.5) is 0 Å². The maximum absolute atomic E-state index is 9.97. The largest absolute Gasteiger partial charge is 0.507 e. The number of phenolic OH excluding ortho intramolecular Hbond substituents is 1. The highest BCUT2D eigenvalue weighted by atomic mass is 16.3. The Morgan fingerprint density at radius 1 is 1.00 bits per heavy atom. The van der Waals surface area contributed by atoms with Gasteiger partial charge in [0.1, 0.15) is 11.3 Å². The van der Waals surface area contributed by atoms with Crippen molar-refractivity contribution in [3.8, 4) is 16.9 Å². The van der Waals surface area contributed by atoms with Gasteiger partial charge in [0.25, 0.3) is 0 Å². The fourth-order valence-corrected chi connectivity index (χ4v) is 2.11. The molecule has 66 valence electrons. The minimum absolute atomic E-state index is 0.340. The summed E-state index contributed by atoms with van der Waals surface area (Å²) in [5, 5.41) is 12.8. The molecule has 4 rings (SSSR count). The van der Waals surface area contributed by atoms with Crippen LogP contribution in [0.3, 0.4) is 0 Å². The molecule has 2 heteroatoms. The Hall–Kier alpha value is -1.96. The van der Waals surface area contributed by atoms with Crippen molar-refractivity contribution in [2.24, 2.45) is 0 Å². The van der Waals surface area contributed by atoms with Crippen LogP contribution in [-0.4, -0.2) is 5.11 Å². The predicted octanol–water partition coefficient (Wildman–Crippen LogP) is 3.27. The van der Waals surface area contributed by atoms with E-state index in [0.717, 1.165) is 21.7 Å². The number of phenols is 1. The quantitative estimate of drug-likeness (QED) is 0.452. The molecule has 1 heterocycles. The third-order valence-electron chi connectivity index (χ3n) is 2.89. The molecule has 0 unspecified atom stereocenters. The number of fused-ring (bicyclic) bond motifs is 4. The van der Waals surface area contributed by atoms with Crippen LogP contribution >= 0.6 is 0 Å². The van der Waals surface area contributed by atoms with Crippen LogP contribution in [0.2, 0.25) is 0 Å². The van der Waals surface area contributed by atoms with Crippen molar-refractivity contribution in [1.82, 2.24) is 0 Å². The van der Waals surface area contributed by atoms with E-state index in [4.69, 9.17) is 4.42 Å². The topological polar surface area (TPSA) is 33.4 Å². The lowest BCUT2D eigenvalue weighted by Gasteiger charge is -1.97. The second kappa shape index (κ2) is 1.77. The molecule has 0 aliphatic heterocycles. The van der Waals surface area contributed by atoms with E-state index < -0.39 is 0 Å². The van der Waals surface area contributed by atoms with Crippen LogP contribution in [0.25, 0.3) is 32.9 Å². The number of aromatic hydroxyl groups is 1. The Bertz CT molecular complexity index is 692. The van der Waals surface area contributed by atoms with Gasteiger partial charge in [-0.2, -0.15) is 0 Å². The smallest absolute Gasteiger partial charge is 0.138 e. The van der Waals surface area contributed by atoms with E-state index in [1.807, 2.05) is 12.1 Å². The maximum Gasteiger partial charge on any atom is 0.138 e. The summed E-state index contributed by atoms with van der Waals surface area (Å²) >= 11 is 0. The Morgan fingerprint density at radius 3 is 2.86 bits per heavy atom. The van der Waals surface area contributed by atoms with Gasteiger partial charge in [-0.25, -0.2) is 0 Å². The Kier molecular flexibility index (Phi) is 0.822. The van der Waals surface area contributed by atoms with Crippen molar-refractivity contribution in [2.45, 2.75) is 0 Å². The standard InChI is InChI=1S/C12H6O2/c13-12-7-1-2-14-11(7)5-9-8-3-6(8)4-10(9)12/h1-5,13H. The number of rotatable bonds is 0. The SMILES string of the molecule is Oc1c2ccoc2cc2c3cc-3cc12. The summed E-state index contributed by atoms with van der Waals surface area (Å²) in [5.74, 6) is 0.340. The second-order valence-electron chi connectivity index (χ2n) is 3.68. The summed E-state index contributed by atoms with van der Waals surface area (Å²) in [4.78, 5) is 0. The zero-order valence-electron chi connectivity index (χ0n) is 7.24. The van der Waals surface area contributed by atoms with Gasteiger partial charge in [0.15, 0.2) is 0 Å². The van der Waals surface area contributed by atoms with E-state index in [0.29, 0.717) is 5.75 Å². The van der Waals surface area contributed by atoms with Crippen molar-refractivity contribution in [3.05, 3.63) is 30.5 Å². The molecule has 0 saturated carbocycles. The van der Waals surface area contributed by atoms with E-state index in [1.54, 1.807) is 12.3 Å². The summed E-state index contributed by atoms with van der Waals surface area (Å²) in [5.41, 5.74) is 3.24. The Labute approximate surface area is 79.4 Å². The van der Waals surface area contributed by atoms with Crippen molar-refractivity contribution >= 4 is 21.7 Å². The first kappa shape index (κ1) is 6.49. The normalized spacial score (nSPS) is 12.6. The van der Waals surface area contributed by atoms with Crippen LogP contribution < -0.4 is 0 Å². The summed E-state index contributed by atoms with van der Waals surface area (Å²) in [6, 6.07) is 7.91. The fraction of sp³-hybridized carbons (Fsp3) is 0. The van der Waals surface area contributed by atoms with Gasteiger partial charge in [0, 0.05) is 5.39 Å². The van der Waals surface area contributed by atoms with E-state index in [9.17, 15) is 5.11 Å². The van der Waals surface area contributed by atoms with Crippen LogP contribution in [0.15, 0.2) is 34.9 Å². The molecule has 1 N–H and O–H groups in total. The van der Waals surface area contributed by atoms with Crippen LogP contribution in [0.5, 0.6) is 5.75 Å². The molecule has 0 amide bonds. The molecule has 14 heavy (non-hydrogen) atoms. The van der Waals surface area contributed by atoms with Gasteiger partial charge in [0.05, 0.1) is 11.6 Å². The number of benzene rings is 2. The average Bonchev–Trinajstić information content (AvgIpc) is 2.65. The molecule has 0 saturated heterocycles. The zero-order chi connectivity index (χ0) is 9.28. The molecule has 0 atom stereocenters. The first-order valence-electron chi connectivity index (χ1n) is 4.52. The molecule has 1 aromatic heterocycles. The van der Waals surface area contributed by atoms with Gasteiger partial charge in [-0.15, -0.1) is 0 Å². The minimum atomic E-state index is 0.340. The average molecular weight is 182 g/mol. The third kappa shape index (κ3) is 0.567. The van der Waals surface area contributed by atoms with E-state index in [2.05, 4.69) is 6.07 Å². The molecule has 0 fully saturated rings. The molecule has 0 bridgehead atoms. The van der Waals surface area contributed by atoms with Crippen molar-refractivity contribution < 1.29 is 9.52 Å². The molecule has 2 aromatic rings. The molecule has 2 nitrogen and oxygen atoms in total. The zero-order valence-corrected chi connectivity index (χ0v) is 7.24. The van der Waals surface area contributed by atoms with E-state index >= 15 is 0 Å². The van der Waals surface area contributed by atoms with Gasteiger partial charge in [-0.3, -0.25) is 0 Å². The van der Waals surface area contributed by atoms with Crippen molar-refractivity contribution in [1.29, 1.82) is 0 Å². The lowest BCUT2D eigenvalue weighted by molar-refractivity contribution is 0.487. The van der Waals surface area contributed by atoms with Crippen LogP contribution in [0, 0.1) is 0 Å². The van der Waals surface area contributed by atoms with Gasteiger partial charge in [-0.1, -0.05) is 0 Å². The highest BCUT2D eigenvalue weighted by Gasteiger charge is 2.21. The van der Waals surface area contributed by atoms with Crippen molar-refractivity contribution in [2.75, 3.05) is 0 Å². The van der Waals surface area contributed by atoms with E-state index in [-0.39, 0.29) is 0 Å². The summed E-state index contributed by atoms with van der Waals surface area (Å²) in [6.45, 7) is 0. The molecule has 2 aliphatic rings. The molecule has 1 aromatic carbocycles. The highest BCUT2D eigenvalue weighted by Crippen LogP contribution is 2.48. The monoisotopic (exact) mass is 182 g/mol. The van der Waals surface area contributed by atoms with Gasteiger partial charge >= 0.3 is 0 Å². The first-order chi connectivity index (χ1) is 6.84. The fourth-order valence-electron chi connectivity index (χ4n) is 2.11. The Balaban J connectivity index is 2.38. The predicted molar refractivity (Wildman–Crippen MR) is 54.4 cm³/mol. The lowest BCUT2D eigenvalue weighted by Crippen LogP contribution is -1.69. The van der Waals surface area contributed by atoms with Crippen LogP contribution in [-0.2, 0) is 0 Å². The van der Waals surface area contributed by atoms with Gasteiger partial charge in [-0.05, 0) is 40.8 Å². The minimum Gasteiger partial charge on any atom is -0.507 e. The lowest BCUT2D eigenvalue weighted by atomic mass is 10.1. The Morgan fingerprint density at radius 2 is 1.93 bits per heavy atom. The van der Waals surface area contributed by atoms with E-state index in [1.165, 1.54) is 11.1 Å². The third-order valence-corrected chi connectivity index (χ3v) is 2.89. The number of hydrogen-bond donors (Lipinski definition) is 1. The van der Waals surface area contributed by atoms with Crippen molar-refractivity contribution in [3.63, 3.8) is 0 Å². The van der Waals surface area contributed by atoms with Gasteiger partial charge < -0.3 is 9.52 Å². The number of furan rings is 1. The summed E-state index contributed by atoms with van der Waals surface area (Å²) in [6.07, 6.45) is 1.60. The molecule has 0 spiro atoms.